The van der Waals surface area contributed by atoms with Crippen molar-refractivity contribution in [1.29, 1.82) is 0 Å². The first-order valence-corrected chi connectivity index (χ1v) is 13.9. The van der Waals surface area contributed by atoms with Crippen LogP contribution in [0.4, 0.5) is 0 Å². The highest BCUT2D eigenvalue weighted by molar-refractivity contribution is 7.98. The maximum atomic E-state index is 13.2. The topological polar surface area (TPSA) is 217 Å². The lowest BCUT2D eigenvalue weighted by Gasteiger charge is -2.25. The molecule has 15 heteroatoms. The van der Waals surface area contributed by atoms with E-state index in [2.05, 4.69) is 25.9 Å². The molecule has 1 rings (SSSR count). The summed E-state index contributed by atoms with van der Waals surface area (Å²) in [6.07, 6.45) is 6.50. The van der Waals surface area contributed by atoms with Gasteiger partial charge in [0.1, 0.15) is 18.1 Å². The number of aromatic amines is 1. The van der Waals surface area contributed by atoms with Gasteiger partial charge in [0.2, 0.25) is 17.7 Å². The van der Waals surface area contributed by atoms with Gasteiger partial charge in [0.05, 0.1) is 12.4 Å². The molecule has 4 atom stereocenters. The fourth-order valence-electron chi connectivity index (χ4n) is 3.05. The van der Waals surface area contributed by atoms with Gasteiger partial charge in [-0.25, -0.2) is 9.78 Å². The van der Waals surface area contributed by atoms with Crippen LogP contribution in [0.3, 0.4) is 0 Å². The van der Waals surface area contributed by atoms with E-state index in [-0.39, 0.29) is 19.3 Å². The zero-order valence-corrected chi connectivity index (χ0v) is 21.8. The van der Waals surface area contributed by atoms with E-state index in [9.17, 15) is 29.1 Å². The predicted octanol–water partition coefficient (Wildman–Crippen LogP) is -0.810. The number of nitrogens with two attached hydrogens (primary N) is 1. The summed E-state index contributed by atoms with van der Waals surface area (Å²) >= 11 is 2.96. The number of aromatic nitrogens is 2. The van der Waals surface area contributed by atoms with Gasteiger partial charge in [-0.05, 0) is 43.3 Å². The third kappa shape index (κ3) is 11.8. The summed E-state index contributed by atoms with van der Waals surface area (Å²) in [6, 6.07) is -4.44. The zero-order chi connectivity index (χ0) is 27.1. The maximum absolute atomic E-state index is 13.2. The smallest absolute Gasteiger partial charge is 0.326 e. The summed E-state index contributed by atoms with van der Waals surface area (Å²) in [6.45, 7) is 0. The number of nitrogens with zero attached hydrogens (tertiary/aromatic N) is 1. The van der Waals surface area contributed by atoms with Crippen molar-refractivity contribution >= 4 is 53.2 Å². The molecular formula is C21H34N6O7S2. The van der Waals surface area contributed by atoms with Crippen LogP contribution in [0.5, 0.6) is 0 Å². The minimum atomic E-state index is -1.43. The average molecular weight is 547 g/mol. The first kappa shape index (κ1) is 31.3. The Bertz CT molecular complexity index is 871. The summed E-state index contributed by atoms with van der Waals surface area (Å²) in [4.78, 5) is 67.7. The number of imidazole rings is 1. The Kier molecular flexibility index (Phi) is 14.6. The van der Waals surface area contributed by atoms with Gasteiger partial charge in [-0.1, -0.05) is 0 Å². The van der Waals surface area contributed by atoms with Crippen molar-refractivity contribution in [3.05, 3.63) is 18.2 Å². The Morgan fingerprint density at radius 3 is 2.06 bits per heavy atom. The van der Waals surface area contributed by atoms with Crippen LogP contribution in [-0.2, 0) is 30.4 Å². The summed E-state index contributed by atoms with van der Waals surface area (Å²) in [5.41, 5.74) is 6.50. The Morgan fingerprint density at radius 2 is 1.50 bits per heavy atom. The van der Waals surface area contributed by atoms with E-state index >= 15 is 0 Å². The predicted molar refractivity (Wildman–Crippen MR) is 137 cm³/mol. The zero-order valence-electron chi connectivity index (χ0n) is 20.2. The summed E-state index contributed by atoms with van der Waals surface area (Å²) in [5.74, 6) is -3.39. The third-order valence-electron chi connectivity index (χ3n) is 5.09. The molecule has 0 aromatic carbocycles. The normalized spacial score (nSPS) is 14.2. The Balaban J connectivity index is 3.00. The van der Waals surface area contributed by atoms with Crippen LogP contribution in [0, 0.1) is 0 Å². The van der Waals surface area contributed by atoms with Crippen molar-refractivity contribution in [2.45, 2.75) is 56.3 Å². The van der Waals surface area contributed by atoms with Crippen molar-refractivity contribution in [2.24, 2.45) is 5.73 Å². The molecular weight excluding hydrogens is 512 g/mol. The number of rotatable bonds is 18. The number of carboxylic acid groups (broad SMARTS) is 2. The van der Waals surface area contributed by atoms with Gasteiger partial charge < -0.3 is 36.9 Å². The van der Waals surface area contributed by atoms with Gasteiger partial charge in [0, 0.05) is 24.7 Å². The molecule has 0 fully saturated rings. The van der Waals surface area contributed by atoms with Crippen molar-refractivity contribution in [3.63, 3.8) is 0 Å². The molecule has 8 N–H and O–H groups in total. The summed E-state index contributed by atoms with van der Waals surface area (Å²) in [7, 11) is 0. The van der Waals surface area contributed by atoms with Crippen LogP contribution in [0.2, 0.25) is 0 Å². The minimum absolute atomic E-state index is 0.0556. The number of hydrogen-bond acceptors (Lipinski definition) is 9. The second-order valence-electron chi connectivity index (χ2n) is 7.90. The molecule has 0 aliphatic heterocycles. The van der Waals surface area contributed by atoms with Crippen LogP contribution < -0.4 is 21.7 Å². The van der Waals surface area contributed by atoms with Gasteiger partial charge in [0.15, 0.2) is 0 Å². The number of carbonyl (C=O) groups excluding carboxylic acids is 3. The first-order valence-electron chi connectivity index (χ1n) is 11.1. The lowest BCUT2D eigenvalue weighted by atomic mass is 10.1. The SMILES string of the molecule is CSCCC(N)C(=O)NC(Cc1cnc[nH]1)C(=O)NC(CCSC)C(=O)NC(CCC(=O)O)C(=O)O. The standard InChI is InChI=1S/C21H34N6O7S2/c1-35-7-5-13(22)18(30)27-16(9-12-10-23-11-24-12)20(32)25-14(6-8-36-2)19(31)26-15(21(33)34)3-4-17(28)29/h10-11,13-16H,3-9,22H2,1-2H3,(H,23,24)(H,25,32)(H,26,31)(H,27,30)(H,28,29)(H,33,34). The Hall–Kier alpha value is -2.78. The summed E-state index contributed by atoms with van der Waals surface area (Å²) < 4.78 is 0. The van der Waals surface area contributed by atoms with Gasteiger partial charge in [-0.15, -0.1) is 0 Å². The van der Waals surface area contributed by atoms with Crippen molar-refractivity contribution in [1.82, 2.24) is 25.9 Å². The van der Waals surface area contributed by atoms with Crippen LogP contribution in [0.1, 0.15) is 31.4 Å². The molecule has 4 unspecified atom stereocenters. The van der Waals surface area contributed by atoms with Gasteiger partial charge in [-0.3, -0.25) is 19.2 Å². The van der Waals surface area contributed by atoms with Gasteiger partial charge in [-0.2, -0.15) is 23.5 Å². The van der Waals surface area contributed by atoms with Crippen LogP contribution >= 0.6 is 23.5 Å². The highest BCUT2D eigenvalue weighted by atomic mass is 32.2. The van der Waals surface area contributed by atoms with Crippen molar-refractivity contribution in [2.75, 3.05) is 24.0 Å². The molecule has 1 aromatic heterocycles. The number of nitrogens with one attached hydrogen (secondary N) is 4. The summed E-state index contributed by atoms with van der Waals surface area (Å²) in [5, 5.41) is 25.7. The number of thioether (sulfide) groups is 2. The third-order valence-corrected chi connectivity index (χ3v) is 6.37. The second-order valence-corrected chi connectivity index (χ2v) is 9.88. The lowest BCUT2D eigenvalue weighted by molar-refractivity contribution is -0.143. The van der Waals surface area contributed by atoms with Gasteiger partial charge in [0.25, 0.3) is 0 Å². The van der Waals surface area contributed by atoms with E-state index < -0.39 is 60.2 Å². The Morgan fingerprint density at radius 1 is 0.917 bits per heavy atom. The van der Waals surface area contributed by atoms with Crippen molar-refractivity contribution < 1.29 is 34.2 Å². The number of H-pyrrole nitrogens is 1. The molecule has 0 bridgehead atoms. The number of hydrogen-bond donors (Lipinski definition) is 7. The highest BCUT2D eigenvalue weighted by Gasteiger charge is 2.30. The largest absolute Gasteiger partial charge is 0.481 e. The van der Waals surface area contributed by atoms with Crippen LogP contribution in [0.25, 0.3) is 0 Å². The van der Waals surface area contributed by atoms with E-state index in [4.69, 9.17) is 10.8 Å². The second kappa shape index (κ2) is 16.8. The average Bonchev–Trinajstić information content (AvgIpc) is 3.34. The van der Waals surface area contributed by atoms with E-state index in [0.717, 1.165) is 0 Å². The monoisotopic (exact) mass is 546 g/mol. The van der Waals surface area contributed by atoms with E-state index in [1.807, 2.05) is 6.26 Å². The maximum Gasteiger partial charge on any atom is 0.326 e. The quantitative estimate of drug-likeness (QED) is 0.121. The molecule has 0 radical (unpaired) electrons. The molecule has 13 nitrogen and oxygen atoms in total. The lowest BCUT2D eigenvalue weighted by Crippen LogP contribution is -2.57. The molecule has 1 aromatic rings. The van der Waals surface area contributed by atoms with E-state index in [0.29, 0.717) is 23.6 Å². The van der Waals surface area contributed by atoms with Crippen LogP contribution in [0.15, 0.2) is 12.5 Å². The number of carbonyl (C=O) groups is 5. The molecule has 0 saturated carbocycles. The Labute approximate surface area is 217 Å². The molecule has 0 spiro atoms. The fraction of sp³-hybridized carbons (Fsp3) is 0.619. The minimum Gasteiger partial charge on any atom is -0.481 e. The van der Waals surface area contributed by atoms with E-state index in [1.165, 1.54) is 36.0 Å². The molecule has 0 saturated heterocycles. The molecule has 3 amide bonds. The molecule has 0 aliphatic rings. The fourth-order valence-corrected chi connectivity index (χ4v) is 4.02. The first-order chi connectivity index (χ1) is 17.1. The molecule has 1 heterocycles. The van der Waals surface area contributed by atoms with Gasteiger partial charge >= 0.3 is 11.9 Å². The number of carboxylic acids is 2. The molecule has 0 aliphatic carbocycles. The number of aliphatic carboxylic acids is 2. The van der Waals surface area contributed by atoms with Crippen molar-refractivity contribution in [3.8, 4) is 0 Å². The van der Waals surface area contributed by atoms with E-state index in [1.54, 1.807) is 6.26 Å². The molecule has 202 valence electrons. The molecule has 36 heavy (non-hydrogen) atoms. The number of amides is 3. The highest BCUT2D eigenvalue weighted by Crippen LogP contribution is 2.07. The van der Waals surface area contributed by atoms with Crippen LogP contribution in [-0.4, -0.2) is 98.0 Å².